The summed E-state index contributed by atoms with van der Waals surface area (Å²) in [7, 11) is 1.58. The third kappa shape index (κ3) is 5.69. The number of aromatic nitrogens is 1. The van der Waals surface area contributed by atoms with Crippen molar-refractivity contribution < 1.29 is 14.7 Å². The molecule has 1 rings (SSSR count). The maximum Gasteiger partial charge on any atom is 0.317 e. The van der Waals surface area contributed by atoms with Crippen molar-refractivity contribution in [1.82, 2.24) is 15.2 Å². The van der Waals surface area contributed by atoms with Crippen LogP contribution in [0.25, 0.3) is 0 Å². The zero-order valence-electron chi connectivity index (χ0n) is 11.9. The van der Waals surface area contributed by atoms with Gasteiger partial charge in [-0.25, -0.2) is 4.79 Å². The van der Waals surface area contributed by atoms with Crippen LogP contribution in [0.1, 0.15) is 24.1 Å². The molecule has 0 fully saturated rings. The van der Waals surface area contributed by atoms with Gasteiger partial charge in [0.1, 0.15) is 0 Å². The van der Waals surface area contributed by atoms with E-state index >= 15 is 0 Å². The van der Waals surface area contributed by atoms with Crippen molar-refractivity contribution in [1.29, 1.82) is 0 Å². The fourth-order valence-corrected chi connectivity index (χ4v) is 1.73. The zero-order valence-corrected chi connectivity index (χ0v) is 11.9. The normalized spacial score (nSPS) is 10.1. The number of rotatable bonds is 7. The Bertz CT molecular complexity index is 463. The third-order valence-electron chi connectivity index (χ3n) is 2.99. The minimum absolute atomic E-state index is 0.0446. The second-order valence-electron chi connectivity index (χ2n) is 4.67. The van der Waals surface area contributed by atoms with Gasteiger partial charge in [-0.2, -0.15) is 0 Å². The summed E-state index contributed by atoms with van der Waals surface area (Å²) in [5, 5.41) is 11.3. The van der Waals surface area contributed by atoms with E-state index in [4.69, 9.17) is 5.11 Å². The van der Waals surface area contributed by atoms with Gasteiger partial charge in [-0.15, -0.1) is 0 Å². The highest BCUT2D eigenvalue weighted by Gasteiger charge is 2.09. The molecule has 1 aromatic heterocycles. The standard InChI is InChI=1S/C14H21N3O3/c1-11-5-3-8-15-12(11)6-4-9-16-14(20)17(2)10-7-13(18)19/h3,5,8H,4,6-7,9-10H2,1-2H3,(H,16,20)(H,18,19). The summed E-state index contributed by atoms with van der Waals surface area (Å²) in [5.74, 6) is -0.907. The van der Waals surface area contributed by atoms with Crippen LogP contribution in [0.4, 0.5) is 4.79 Å². The van der Waals surface area contributed by atoms with Crippen molar-refractivity contribution in [2.24, 2.45) is 0 Å². The molecule has 20 heavy (non-hydrogen) atoms. The monoisotopic (exact) mass is 279 g/mol. The Balaban J connectivity index is 2.22. The Morgan fingerprint density at radius 3 is 2.85 bits per heavy atom. The fourth-order valence-electron chi connectivity index (χ4n) is 1.73. The van der Waals surface area contributed by atoms with Crippen LogP contribution in [0.2, 0.25) is 0 Å². The first-order valence-corrected chi connectivity index (χ1v) is 6.62. The first kappa shape index (κ1) is 15.9. The molecular weight excluding hydrogens is 258 g/mol. The second kappa shape index (κ2) is 8.14. The van der Waals surface area contributed by atoms with Crippen LogP contribution in [0.5, 0.6) is 0 Å². The van der Waals surface area contributed by atoms with Crippen molar-refractivity contribution in [3.8, 4) is 0 Å². The van der Waals surface area contributed by atoms with E-state index in [1.807, 2.05) is 19.1 Å². The number of pyridine rings is 1. The predicted octanol–water partition coefficient (Wildman–Crippen LogP) is 1.44. The molecule has 1 heterocycles. The number of carbonyl (C=O) groups excluding carboxylic acids is 1. The molecule has 0 saturated heterocycles. The molecule has 0 saturated carbocycles. The highest BCUT2D eigenvalue weighted by molar-refractivity contribution is 5.74. The van der Waals surface area contributed by atoms with Gasteiger partial charge in [-0.1, -0.05) is 6.07 Å². The molecule has 6 heteroatoms. The lowest BCUT2D eigenvalue weighted by Gasteiger charge is -2.16. The van der Waals surface area contributed by atoms with Crippen LogP contribution in [0.3, 0.4) is 0 Å². The van der Waals surface area contributed by atoms with Gasteiger partial charge in [0.2, 0.25) is 0 Å². The Labute approximate surface area is 118 Å². The lowest BCUT2D eigenvalue weighted by molar-refractivity contribution is -0.137. The van der Waals surface area contributed by atoms with Crippen molar-refractivity contribution >= 4 is 12.0 Å². The maximum atomic E-state index is 11.6. The van der Waals surface area contributed by atoms with E-state index in [1.165, 1.54) is 4.90 Å². The predicted molar refractivity (Wildman–Crippen MR) is 75.6 cm³/mol. The van der Waals surface area contributed by atoms with E-state index in [0.717, 1.165) is 24.1 Å². The van der Waals surface area contributed by atoms with Crippen LogP contribution in [0, 0.1) is 6.92 Å². The molecule has 0 bridgehead atoms. The first-order valence-electron chi connectivity index (χ1n) is 6.62. The molecule has 0 aliphatic carbocycles. The van der Waals surface area contributed by atoms with Crippen molar-refractivity contribution in [3.63, 3.8) is 0 Å². The van der Waals surface area contributed by atoms with Gasteiger partial charge in [0.05, 0.1) is 6.42 Å². The number of urea groups is 1. The summed E-state index contributed by atoms with van der Waals surface area (Å²) in [6.45, 7) is 2.77. The SMILES string of the molecule is Cc1cccnc1CCCNC(=O)N(C)CCC(=O)O. The topological polar surface area (TPSA) is 82.5 Å². The molecule has 0 unspecified atom stereocenters. The number of hydrogen-bond donors (Lipinski definition) is 2. The molecule has 0 radical (unpaired) electrons. The van der Waals surface area contributed by atoms with Crippen molar-refractivity contribution in [2.45, 2.75) is 26.2 Å². The minimum atomic E-state index is -0.907. The second-order valence-corrected chi connectivity index (χ2v) is 4.67. The molecule has 0 aliphatic rings. The third-order valence-corrected chi connectivity index (χ3v) is 2.99. The number of carboxylic acid groups (broad SMARTS) is 1. The summed E-state index contributed by atoms with van der Waals surface area (Å²) >= 11 is 0. The van der Waals surface area contributed by atoms with Gasteiger partial charge in [0, 0.05) is 32.0 Å². The molecule has 2 N–H and O–H groups in total. The van der Waals surface area contributed by atoms with Gasteiger partial charge in [-0.3, -0.25) is 9.78 Å². The molecule has 0 aliphatic heterocycles. The van der Waals surface area contributed by atoms with Crippen LogP contribution in [-0.2, 0) is 11.2 Å². The lowest BCUT2D eigenvalue weighted by Crippen LogP contribution is -2.38. The molecular formula is C14H21N3O3. The molecule has 1 aromatic rings. The average Bonchev–Trinajstić information content (AvgIpc) is 2.42. The Hall–Kier alpha value is -2.11. The highest BCUT2D eigenvalue weighted by atomic mass is 16.4. The van der Waals surface area contributed by atoms with Crippen LogP contribution >= 0.6 is 0 Å². The number of aryl methyl sites for hydroxylation is 2. The Morgan fingerprint density at radius 1 is 1.45 bits per heavy atom. The number of aliphatic carboxylic acids is 1. The van der Waals surface area contributed by atoms with Crippen molar-refractivity contribution in [3.05, 3.63) is 29.6 Å². The summed E-state index contributed by atoms with van der Waals surface area (Å²) in [6.07, 6.45) is 3.33. The molecule has 6 nitrogen and oxygen atoms in total. The molecule has 0 aromatic carbocycles. The maximum absolute atomic E-state index is 11.6. The summed E-state index contributed by atoms with van der Waals surface area (Å²) in [6, 6.07) is 3.67. The smallest absolute Gasteiger partial charge is 0.317 e. The highest BCUT2D eigenvalue weighted by Crippen LogP contribution is 2.05. The number of nitrogens with one attached hydrogen (secondary N) is 1. The van der Waals surface area contributed by atoms with Crippen LogP contribution in [0.15, 0.2) is 18.3 Å². The van der Waals surface area contributed by atoms with E-state index in [0.29, 0.717) is 6.54 Å². The molecule has 0 spiro atoms. The van der Waals surface area contributed by atoms with Gasteiger partial charge < -0.3 is 15.3 Å². The van der Waals surface area contributed by atoms with Gasteiger partial charge >= 0.3 is 12.0 Å². The summed E-state index contributed by atoms with van der Waals surface area (Å²) in [5.41, 5.74) is 2.19. The number of carboxylic acids is 1. The number of nitrogens with zero attached hydrogens (tertiary/aromatic N) is 2. The first-order chi connectivity index (χ1) is 9.50. The number of hydrogen-bond acceptors (Lipinski definition) is 3. The average molecular weight is 279 g/mol. The lowest BCUT2D eigenvalue weighted by atomic mass is 10.1. The molecule has 110 valence electrons. The summed E-state index contributed by atoms with van der Waals surface area (Å²) in [4.78, 5) is 27.7. The van der Waals surface area contributed by atoms with Gasteiger partial charge in [0.15, 0.2) is 0 Å². The van der Waals surface area contributed by atoms with Gasteiger partial charge in [-0.05, 0) is 31.4 Å². The Kier molecular flexibility index (Phi) is 6.49. The van der Waals surface area contributed by atoms with Gasteiger partial charge in [0.25, 0.3) is 0 Å². The quantitative estimate of drug-likeness (QED) is 0.740. The zero-order chi connectivity index (χ0) is 15.0. The van der Waals surface area contributed by atoms with E-state index in [9.17, 15) is 9.59 Å². The number of carbonyl (C=O) groups is 2. The van der Waals surface area contributed by atoms with E-state index < -0.39 is 5.97 Å². The number of amides is 2. The van der Waals surface area contributed by atoms with E-state index in [2.05, 4.69) is 10.3 Å². The molecule has 0 atom stereocenters. The van der Waals surface area contributed by atoms with Crippen molar-refractivity contribution in [2.75, 3.05) is 20.1 Å². The molecule has 2 amide bonds. The van der Waals surface area contributed by atoms with Crippen LogP contribution in [-0.4, -0.2) is 47.1 Å². The van der Waals surface area contributed by atoms with E-state index in [-0.39, 0.29) is 19.0 Å². The van der Waals surface area contributed by atoms with Crippen LogP contribution < -0.4 is 5.32 Å². The Morgan fingerprint density at radius 2 is 2.20 bits per heavy atom. The summed E-state index contributed by atoms with van der Waals surface area (Å²) < 4.78 is 0. The van der Waals surface area contributed by atoms with E-state index in [1.54, 1.807) is 13.2 Å². The fraction of sp³-hybridized carbons (Fsp3) is 0.500. The largest absolute Gasteiger partial charge is 0.481 e. The minimum Gasteiger partial charge on any atom is -0.481 e.